The van der Waals surface area contributed by atoms with Gasteiger partial charge in [-0.1, -0.05) is 12.1 Å². The Morgan fingerprint density at radius 2 is 1.80 bits per heavy atom. The summed E-state index contributed by atoms with van der Waals surface area (Å²) >= 11 is 1.25. The number of carbonyl (C=O) groups is 4. The number of nitro benzene ring substituents is 1. The molecule has 0 aliphatic carbocycles. The number of non-ortho nitro benzene ring substituents is 1. The molecule has 0 aromatic heterocycles. The fourth-order valence-corrected chi connectivity index (χ4v) is 3.17. The van der Waals surface area contributed by atoms with Crippen LogP contribution in [0.5, 0.6) is 0 Å². The van der Waals surface area contributed by atoms with Crippen LogP contribution in [0.25, 0.3) is 0 Å². The number of nitro groups is 1. The molecular formula is C17H22N4O8S. The highest BCUT2D eigenvalue weighted by Gasteiger charge is 2.22. The van der Waals surface area contributed by atoms with Gasteiger partial charge in [0.25, 0.3) is 5.69 Å². The molecule has 0 unspecified atom stereocenters. The van der Waals surface area contributed by atoms with Gasteiger partial charge >= 0.3 is 11.9 Å². The molecule has 0 radical (unpaired) electrons. The van der Waals surface area contributed by atoms with Crippen LogP contribution in [0.15, 0.2) is 24.3 Å². The van der Waals surface area contributed by atoms with Crippen LogP contribution < -0.4 is 16.4 Å². The first-order valence-electron chi connectivity index (χ1n) is 8.68. The quantitative estimate of drug-likeness (QED) is 0.199. The van der Waals surface area contributed by atoms with Gasteiger partial charge in [-0.05, 0) is 12.0 Å². The van der Waals surface area contributed by atoms with E-state index in [1.165, 1.54) is 23.9 Å². The van der Waals surface area contributed by atoms with Crippen molar-refractivity contribution in [2.75, 3.05) is 12.3 Å². The average molecular weight is 442 g/mol. The van der Waals surface area contributed by atoms with Crippen molar-refractivity contribution >= 4 is 41.2 Å². The van der Waals surface area contributed by atoms with Crippen LogP contribution in [-0.4, -0.2) is 63.3 Å². The Balaban J connectivity index is 2.64. The summed E-state index contributed by atoms with van der Waals surface area (Å²) in [6.07, 6.45) is -0.343. The summed E-state index contributed by atoms with van der Waals surface area (Å²) in [6.45, 7) is -0.623. The minimum atomic E-state index is -1.25. The van der Waals surface area contributed by atoms with Gasteiger partial charge in [-0.15, -0.1) is 0 Å². The van der Waals surface area contributed by atoms with Crippen LogP contribution in [0.1, 0.15) is 18.4 Å². The van der Waals surface area contributed by atoms with Crippen molar-refractivity contribution < 1.29 is 34.3 Å². The Hall–Kier alpha value is -3.19. The fraction of sp³-hybridized carbons (Fsp3) is 0.412. The van der Waals surface area contributed by atoms with E-state index < -0.39 is 47.3 Å². The average Bonchev–Trinajstić information content (AvgIpc) is 2.69. The minimum absolute atomic E-state index is 0.0542. The number of carbonyl (C=O) groups excluding carboxylic acids is 2. The Morgan fingerprint density at radius 1 is 1.17 bits per heavy atom. The zero-order valence-corrected chi connectivity index (χ0v) is 16.6. The second-order valence-electron chi connectivity index (χ2n) is 6.15. The molecule has 164 valence electrons. The lowest BCUT2D eigenvalue weighted by Crippen LogP contribution is -2.49. The number of hydrogen-bond donors (Lipinski definition) is 5. The Bertz CT molecular complexity index is 786. The van der Waals surface area contributed by atoms with Gasteiger partial charge in [0.15, 0.2) is 0 Å². The highest BCUT2D eigenvalue weighted by Crippen LogP contribution is 2.17. The Morgan fingerprint density at radius 3 is 2.33 bits per heavy atom. The number of aliphatic carboxylic acids is 2. The molecule has 30 heavy (non-hydrogen) atoms. The molecule has 0 fully saturated rings. The first-order chi connectivity index (χ1) is 14.1. The lowest BCUT2D eigenvalue weighted by atomic mass is 10.1. The van der Waals surface area contributed by atoms with Crippen LogP contribution in [0.3, 0.4) is 0 Å². The van der Waals surface area contributed by atoms with E-state index in [4.69, 9.17) is 15.9 Å². The second-order valence-corrected chi connectivity index (χ2v) is 7.18. The van der Waals surface area contributed by atoms with E-state index in [0.717, 1.165) is 5.56 Å². The largest absolute Gasteiger partial charge is 0.480 e. The number of hydrogen-bond acceptors (Lipinski definition) is 8. The molecule has 2 atom stereocenters. The molecule has 1 aromatic rings. The maximum absolute atomic E-state index is 12.2. The summed E-state index contributed by atoms with van der Waals surface area (Å²) in [6, 6.07) is 3.56. The van der Waals surface area contributed by atoms with Crippen LogP contribution in [0.2, 0.25) is 0 Å². The fourth-order valence-electron chi connectivity index (χ4n) is 2.15. The lowest BCUT2D eigenvalue weighted by Gasteiger charge is -2.18. The SMILES string of the molecule is N[C@@H](CCC(=O)N[C@H](CSCc1ccc([N+](=O)[O-])cc1)C(=O)NCC(=O)O)C(=O)O. The predicted octanol–water partition coefficient (Wildman–Crippen LogP) is -0.294. The van der Waals surface area contributed by atoms with Crippen molar-refractivity contribution in [2.45, 2.75) is 30.7 Å². The summed E-state index contributed by atoms with van der Waals surface area (Å²) in [5.41, 5.74) is 6.04. The van der Waals surface area contributed by atoms with Crippen LogP contribution >= 0.6 is 11.8 Å². The van der Waals surface area contributed by atoms with Gasteiger partial charge in [-0.2, -0.15) is 11.8 Å². The first-order valence-corrected chi connectivity index (χ1v) is 9.84. The summed E-state index contributed by atoms with van der Waals surface area (Å²) in [5.74, 6) is -3.32. The van der Waals surface area contributed by atoms with Gasteiger partial charge in [0.2, 0.25) is 11.8 Å². The van der Waals surface area contributed by atoms with E-state index in [1.807, 2.05) is 0 Å². The molecule has 2 amide bonds. The first kappa shape index (κ1) is 24.8. The molecule has 6 N–H and O–H groups in total. The summed E-state index contributed by atoms with van der Waals surface area (Å²) in [7, 11) is 0. The van der Waals surface area contributed by atoms with Crippen molar-refractivity contribution in [2.24, 2.45) is 5.73 Å². The van der Waals surface area contributed by atoms with Gasteiger partial charge in [0, 0.05) is 30.1 Å². The van der Waals surface area contributed by atoms with Crippen LogP contribution in [0, 0.1) is 10.1 Å². The molecule has 0 aliphatic rings. The third-order valence-electron chi connectivity index (χ3n) is 3.77. The number of nitrogens with one attached hydrogen (secondary N) is 2. The molecule has 1 aromatic carbocycles. The van der Waals surface area contributed by atoms with Crippen molar-refractivity contribution in [3.63, 3.8) is 0 Å². The number of benzene rings is 1. The van der Waals surface area contributed by atoms with Crippen molar-refractivity contribution in [3.05, 3.63) is 39.9 Å². The molecule has 0 heterocycles. The number of amides is 2. The monoisotopic (exact) mass is 442 g/mol. The van der Waals surface area contributed by atoms with Crippen LogP contribution in [0.4, 0.5) is 5.69 Å². The highest BCUT2D eigenvalue weighted by atomic mass is 32.2. The zero-order valence-electron chi connectivity index (χ0n) is 15.8. The van der Waals surface area contributed by atoms with Crippen molar-refractivity contribution in [1.29, 1.82) is 0 Å². The number of nitrogens with zero attached hydrogens (tertiary/aromatic N) is 1. The van der Waals surface area contributed by atoms with Gasteiger partial charge in [0.05, 0.1) is 4.92 Å². The predicted molar refractivity (Wildman–Crippen MR) is 107 cm³/mol. The van der Waals surface area contributed by atoms with Crippen molar-refractivity contribution in [1.82, 2.24) is 10.6 Å². The zero-order chi connectivity index (χ0) is 22.7. The molecule has 1 rings (SSSR count). The van der Waals surface area contributed by atoms with Gasteiger partial charge in [-0.3, -0.25) is 29.3 Å². The van der Waals surface area contributed by atoms with Crippen LogP contribution in [-0.2, 0) is 24.9 Å². The van der Waals surface area contributed by atoms with Gasteiger partial charge < -0.3 is 26.6 Å². The maximum atomic E-state index is 12.2. The number of rotatable bonds is 13. The third-order valence-corrected chi connectivity index (χ3v) is 4.87. The molecule has 0 spiro atoms. The summed E-state index contributed by atoms with van der Waals surface area (Å²) in [4.78, 5) is 55.7. The van der Waals surface area contributed by atoms with E-state index in [0.29, 0.717) is 5.75 Å². The Kier molecular flexibility index (Phi) is 10.3. The van der Waals surface area contributed by atoms with E-state index in [9.17, 15) is 29.3 Å². The third kappa shape index (κ3) is 9.34. The molecule has 0 aliphatic heterocycles. The summed E-state index contributed by atoms with van der Waals surface area (Å²) in [5, 5.41) is 32.7. The topological polar surface area (TPSA) is 202 Å². The highest BCUT2D eigenvalue weighted by molar-refractivity contribution is 7.98. The van der Waals surface area contributed by atoms with Gasteiger partial charge in [0.1, 0.15) is 18.6 Å². The molecule has 12 nitrogen and oxygen atoms in total. The molecule has 0 saturated carbocycles. The number of carboxylic acid groups (broad SMARTS) is 2. The smallest absolute Gasteiger partial charge is 0.322 e. The van der Waals surface area contributed by atoms with E-state index in [2.05, 4.69) is 10.6 Å². The van der Waals surface area contributed by atoms with E-state index in [-0.39, 0.29) is 24.3 Å². The minimum Gasteiger partial charge on any atom is -0.480 e. The Labute approximate surface area is 175 Å². The number of thioether (sulfide) groups is 1. The lowest BCUT2D eigenvalue weighted by molar-refractivity contribution is -0.384. The molecule has 0 bridgehead atoms. The molecule has 0 saturated heterocycles. The number of carboxylic acids is 2. The standard InChI is InChI=1S/C17H22N4O8S/c18-12(17(26)27)5-6-14(22)20-13(16(25)19-7-15(23)24)9-30-8-10-1-3-11(4-2-10)21(28)29/h1-4,12-13H,5-9,18H2,(H,19,25)(H,20,22)(H,23,24)(H,26,27)/t12-,13+/m0/s1. The number of nitrogens with two attached hydrogens (primary N) is 1. The van der Waals surface area contributed by atoms with E-state index in [1.54, 1.807) is 12.1 Å². The normalized spacial score (nSPS) is 12.4. The summed E-state index contributed by atoms with van der Waals surface area (Å²) < 4.78 is 0. The maximum Gasteiger partial charge on any atom is 0.322 e. The van der Waals surface area contributed by atoms with Gasteiger partial charge in [-0.25, -0.2) is 0 Å². The van der Waals surface area contributed by atoms with Crippen molar-refractivity contribution in [3.8, 4) is 0 Å². The second kappa shape index (κ2) is 12.4. The molecule has 13 heteroatoms. The van der Waals surface area contributed by atoms with E-state index >= 15 is 0 Å². The molecular weight excluding hydrogens is 420 g/mol.